The molecule has 2 aliphatic heterocycles. The fourth-order valence-electron chi connectivity index (χ4n) is 7.22. The van der Waals surface area contributed by atoms with Gasteiger partial charge in [0.05, 0.1) is 11.3 Å². The zero-order chi connectivity index (χ0) is 44.3. The quantitative estimate of drug-likeness (QED) is 0.111. The summed E-state index contributed by atoms with van der Waals surface area (Å²) in [5.41, 5.74) is 19.3. The van der Waals surface area contributed by atoms with Gasteiger partial charge < -0.3 is 40.4 Å². The first-order valence-electron chi connectivity index (χ1n) is 21.1. The van der Waals surface area contributed by atoms with Gasteiger partial charge in [-0.15, -0.1) is 0 Å². The molecule has 0 saturated heterocycles. The molecule has 0 saturated carbocycles. The van der Waals surface area contributed by atoms with Crippen molar-refractivity contribution in [3.63, 3.8) is 0 Å². The molecular weight excluding hydrogens is 799 g/mol. The highest BCUT2D eigenvalue weighted by Crippen LogP contribution is 2.37. The van der Waals surface area contributed by atoms with Crippen LogP contribution in [0.2, 0.25) is 0 Å². The fraction of sp³-hybridized carbons (Fsp3) is 0.109. The molecule has 64 heavy (non-hydrogen) atoms. The van der Waals surface area contributed by atoms with Gasteiger partial charge in [-0.2, -0.15) is 0 Å². The van der Waals surface area contributed by atoms with Crippen molar-refractivity contribution in [3.8, 4) is 56.4 Å². The Hall–Kier alpha value is -8.17. The SMILES string of the molecule is Cc1ccc(-c2ccccc2)cc1N.Cc1ccc(-c2ccccc2)cc1Nc1ccc2c(c1)OCCO2.O=C(O)c1ccc(-c2ccccc2)cc1Nc1ccc2c(c1)OCCO2. The van der Waals surface area contributed by atoms with E-state index in [0.29, 0.717) is 43.6 Å². The summed E-state index contributed by atoms with van der Waals surface area (Å²) >= 11 is 0. The summed E-state index contributed by atoms with van der Waals surface area (Å²) in [6.45, 7) is 6.36. The molecule has 0 bridgehead atoms. The van der Waals surface area contributed by atoms with Gasteiger partial charge >= 0.3 is 5.97 Å². The van der Waals surface area contributed by atoms with E-state index in [9.17, 15) is 9.90 Å². The van der Waals surface area contributed by atoms with E-state index in [1.54, 1.807) is 6.07 Å². The van der Waals surface area contributed by atoms with E-state index in [-0.39, 0.29) is 5.56 Å². The van der Waals surface area contributed by atoms with Gasteiger partial charge in [0.1, 0.15) is 26.4 Å². The van der Waals surface area contributed by atoms with Gasteiger partial charge in [0.2, 0.25) is 0 Å². The van der Waals surface area contributed by atoms with Crippen molar-refractivity contribution in [2.24, 2.45) is 0 Å². The second-order valence-electron chi connectivity index (χ2n) is 15.2. The second-order valence-corrected chi connectivity index (χ2v) is 15.2. The summed E-state index contributed by atoms with van der Waals surface area (Å²) in [5.74, 6) is 1.96. The van der Waals surface area contributed by atoms with Crippen LogP contribution < -0.4 is 35.3 Å². The molecule has 10 rings (SSSR count). The molecule has 0 aromatic heterocycles. The lowest BCUT2D eigenvalue weighted by Crippen LogP contribution is -2.15. The van der Waals surface area contributed by atoms with Crippen molar-refractivity contribution in [3.05, 3.63) is 199 Å². The number of hydrogen-bond donors (Lipinski definition) is 4. The Morgan fingerprint density at radius 3 is 1.31 bits per heavy atom. The summed E-state index contributed by atoms with van der Waals surface area (Å²) in [4.78, 5) is 11.6. The number of hydrogen-bond acceptors (Lipinski definition) is 8. The van der Waals surface area contributed by atoms with Crippen molar-refractivity contribution in [2.75, 3.05) is 42.8 Å². The van der Waals surface area contributed by atoms with E-state index in [4.69, 9.17) is 24.7 Å². The molecule has 2 aliphatic rings. The third-order valence-electron chi connectivity index (χ3n) is 10.7. The minimum absolute atomic E-state index is 0.208. The molecule has 0 amide bonds. The first-order valence-corrected chi connectivity index (χ1v) is 21.1. The Kier molecular flexibility index (Phi) is 13.4. The Balaban J connectivity index is 0.000000137. The molecule has 8 aromatic rings. The third-order valence-corrected chi connectivity index (χ3v) is 10.7. The molecule has 0 aliphatic carbocycles. The molecule has 5 N–H and O–H groups in total. The van der Waals surface area contributed by atoms with Gasteiger partial charge in [0.15, 0.2) is 23.0 Å². The number of rotatable bonds is 8. The van der Waals surface area contributed by atoms with Gasteiger partial charge in [0, 0.05) is 34.9 Å². The first-order chi connectivity index (χ1) is 31.3. The fourth-order valence-corrected chi connectivity index (χ4v) is 7.22. The zero-order valence-corrected chi connectivity index (χ0v) is 35.7. The number of nitrogens with one attached hydrogen (secondary N) is 2. The van der Waals surface area contributed by atoms with Crippen LogP contribution in [0.3, 0.4) is 0 Å². The summed E-state index contributed by atoms with van der Waals surface area (Å²) < 4.78 is 22.3. The highest BCUT2D eigenvalue weighted by molar-refractivity contribution is 5.96. The van der Waals surface area contributed by atoms with E-state index in [1.165, 1.54) is 27.8 Å². The topological polar surface area (TPSA) is 124 Å². The number of anilines is 5. The maximum Gasteiger partial charge on any atom is 0.337 e. The number of carboxylic acid groups (broad SMARTS) is 1. The van der Waals surface area contributed by atoms with Crippen molar-refractivity contribution in [1.29, 1.82) is 0 Å². The van der Waals surface area contributed by atoms with Gasteiger partial charge in [-0.3, -0.25) is 0 Å². The van der Waals surface area contributed by atoms with Gasteiger partial charge in [-0.25, -0.2) is 4.79 Å². The van der Waals surface area contributed by atoms with Crippen LogP contribution in [0, 0.1) is 13.8 Å². The van der Waals surface area contributed by atoms with E-state index < -0.39 is 5.97 Å². The van der Waals surface area contributed by atoms with Crippen LogP contribution in [0.4, 0.5) is 28.4 Å². The monoisotopic (exact) mass is 847 g/mol. The molecular formula is C55H49N3O6. The first kappa shape index (κ1) is 42.5. The molecule has 2 heterocycles. The van der Waals surface area contributed by atoms with E-state index >= 15 is 0 Å². The van der Waals surface area contributed by atoms with E-state index in [1.807, 2.05) is 116 Å². The van der Waals surface area contributed by atoms with Crippen molar-refractivity contribution in [2.45, 2.75) is 13.8 Å². The summed E-state index contributed by atoms with van der Waals surface area (Å²) in [6, 6.07) is 59.8. The molecule has 0 fully saturated rings. The number of carbonyl (C=O) groups is 1. The summed E-state index contributed by atoms with van der Waals surface area (Å²) in [5, 5.41) is 16.2. The standard InChI is InChI=1S/C21H17NO4.C21H19NO2.C13H13N/c23-21(24)17-8-6-15(14-4-2-1-3-5-14)12-18(17)22-16-7-9-19-20(13-16)26-11-10-25-19;1-15-7-8-17(16-5-3-2-4-6-16)13-19(15)22-18-9-10-20-21(14-18)24-12-11-23-20;1-10-7-8-12(9-13(10)14)11-5-3-2-4-6-11/h1-9,12-13,22H,10-11H2,(H,23,24);2-10,13-14,22H,11-12H2,1H3;2-9H,14H2,1H3. The van der Waals surface area contributed by atoms with Crippen LogP contribution >= 0.6 is 0 Å². The van der Waals surface area contributed by atoms with Crippen LogP contribution in [0.25, 0.3) is 33.4 Å². The molecule has 0 spiro atoms. The lowest BCUT2D eigenvalue weighted by Gasteiger charge is -2.19. The largest absolute Gasteiger partial charge is 0.486 e. The number of fused-ring (bicyclic) bond motifs is 2. The third kappa shape index (κ3) is 10.6. The van der Waals surface area contributed by atoms with Crippen molar-refractivity contribution >= 4 is 34.4 Å². The predicted octanol–water partition coefficient (Wildman–Crippen LogP) is 13.0. The van der Waals surface area contributed by atoms with Gasteiger partial charge in [-0.05, 0) is 107 Å². The zero-order valence-electron chi connectivity index (χ0n) is 35.7. The minimum Gasteiger partial charge on any atom is -0.486 e. The Labute approximate surface area is 373 Å². The molecule has 9 heteroatoms. The number of aryl methyl sites for hydroxylation is 2. The van der Waals surface area contributed by atoms with Crippen LogP contribution in [0.1, 0.15) is 21.5 Å². The number of carboxylic acids is 1. The molecule has 0 atom stereocenters. The van der Waals surface area contributed by atoms with Crippen LogP contribution in [-0.2, 0) is 0 Å². The van der Waals surface area contributed by atoms with E-state index in [2.05, 4.69) is 84.3 Å². The Bertz CT molecular complexity index is 2850. The Morgan fingerprint density at radius 2 is 0.844 bits per heavy atom. The number of nitrogens with two attached hydrogens (primary N) is 1. The molecule has 0 radical (unpaired) electrons. The average molecular weight is 848 g/mol. The van der Waals surface area contributed by atoms with E-state index in [0.717, 1.165) is 50.9 Å². The minimum atomic E-state index is -0.982. The number of nitrogen functional groups attached to an aromatic ring is 1. The smallest absolute Gasteiger partial charge is 0.337 e. The summed E-state index contributed by atoms with van der Waals surface area (Å²) in [7, 11) is 0. The molecule has 0 unspecified atom stereocenters. The summed E-state index contributed by atoms with van der Waals surface area (Å²) in [6.07, 6.45) is 0. The maximum atomic E-state index is 11.6. The molecule has 8 aromatic carbocycles. The van der Waals surface area contributed by atoms with Crippen molar-refractivity contribution < 1.29 is 28.8 Å². The molecule has 320 valence electrons. The lowest BCUT2D eigenvalue weighted by atomic mass is 10.0. The normalized spacial score (nSPS) is 12.0. The highest BCUT2D eigenvalue weighted by atomic mass is 16.6. The highest BCUT2D eigenvalue weighted by Gasteiger charge is 2.16. The number of aromatic carboxylic acids is 1. The predicted molar refractivity (Wildman–Crippen MR) is 258 cm³/mol. The molecule has 9 nitrogen and oxygen atoms in total. The lowest BCUT2D eigenvalue weighted by molar-refractivity contribution is 0.0698. The average Bonchev–Trinajstić information content (AvgIpc) is 3.34. The number of benzene rings is 8. The van der Waals surface area contributed by atoms with Crippen LogP contribution in [0.15, 0.2) is 182 Å². The van der Waals surface area contributed by atoms with Crippen LogP contribution in [-0.4, -0.2) is 37.5 Å². The maximum absolute atomic E-state index is 11.6. The Morgan fingerprint density at radius 1 is 0.438 bits per heavy atom. The van der Waals surface area contributed by atoms with Crippen molar-refractivity contribution in [1.82, 2.24) is 0 Å². The van der Waals surface area contributed by atoms with Gasteiger partial charge in [0.25, 0.3) is 0 Å². The van der Waals surface area contributed by atoms with Crippen LogP contribution in [0.5, 0.6) is 23.0 Å². The van der Waals surface area contributed by atoms with Gasteiger partial charge in [-0.1, -0.05) is 121 Å². The number of ether oxygens (including phenoxy) is 4. The second kappa shape index (κ2) is 20.1.